The second-order valence-electron chi connectivity index (χ2n) is 3.67. The molecule has 94 valence electrons. The lowest BCUT2D eigenvalue weighted by Crippen LogP contribution is -1.99. The molecule has 0 radical (unpaired) electrons. The predicted molar refractivity (Wildman–Crippen MR) is 68.5 cm³/mol. The summed E-state index contributed by atoms with van der Waals surface area (Å²) in [7, 11) is 0. The molecule has 1 atom stereocenters. The molecule has 2 rings (SSSR count). The normalized spacial score (nSPS) is 12.5. The SMILES string of the molecule is Fc1cc(Cl)c(C(Br)c2ccccc2F)cc1F. The van der Waals surface area contributed by atoms with Gasteiger partial charge in [-0.05, 0) is 23.8 Å². The molecule has 18 heavy (non-hydrogen) atoms. The van der Waals surface area contributed by atoms with Gasteiger partial charge in [-0.1, -0.05) is 45.7 Å². The molecule has 0 aliphatic rings. The van der Waals surface area contributed by atoms with Crippen molar-refractivity contribution >= 4 is 27.5 Å². The molecular weight excluding hydrogens is 328 g/mol. The predicted octanol–water partition coefficient (Wildman–Crippen LogP) is 5.24. The fourth-order valence-electron chi connectivity index (χ4n) is 1.58. The van der Waals surface area contributed by atoms with Crippen LogP contribution in [0.2, 0.25) is 5.02 Å². The van der Waals surface area contributed by atoms with E-state index in [4.69, 9.17) is 11.6 Å². The van der Waals surface area contributed by atoms with E-state index in [1.54, 1.807) is 18.2 Å². The Morgan fingerprint density at radius 2 is 1.50 bits per heavy atom. The summed E-state index contributed by atoms with van der Waals surface area (Å²) in [6, 6.07) is 7.88. The summed E-state index contributed by atoms with van der Waals surface area (Å²) < 4.78 is 39.7. The molecule has 0 fully saturated rings. The van der Waals surface area contributed by atoms with Crippen LogP contribution in [0.25, 0.3) is 0 Å². The third kappa shape index (κ3) is 2.54. The molecule has 0 spiro atoms. The van der Waals surface area contributed by atoms with Gasteiger partial charge in [0, 0.05) is 10.6 Å². The van der Waals surface area contributed by atoms with Crippen LogP contribution in [0, 0.1) is 17.5 Å². The zero-order valence-corrected chi connectivity index (χ0v) is 11.3. The Kier molecular flexibility index (Phi) is 3.97. The summed E-state index contributed by atoms with van der Waals surface area (Å²) in [5.41, 5.74) is 0.589. The van der Waals surface area contributed by atoms with Crippen LogP contribution in [0.4, 0.5) is 13.2 Å². The van der Waals surface area contributed by atoms with Crippen molar-refractivity contribution in [2.45, 2.75) is 4.83 Å². The van der Waals surface area contributed by atoms with E-state index in [0.29, 0.717) is 5.56 Å². The zero-order chi connectivity index (χ0) is 13.3. The highest BCUT2D eigenvalue weighted by atomic mass is 79.9. The van der Waals surface area contributed by atoms with Crippen molar-refractivity contribution in [3.63, 3.8) is 0 Å². The number of alkyl halides is 1. The molecule has 0 saturated carbocycles. The molecule has 0 saturated heterocycles. The van der Waals surface area contributed by atoms with Gasteiger partial charge >= 0.3 is 0 Å². The number of benzene rings is 2. The highest BCUT2D eigenvalue weighted by Crippen LogP contribution is 2.37. The molecule has 0 bridgehead atoms. The van der Waals surface area contributed by atoms with Gasteiger partial charge in [0.25, 0.3) is 0 Å². The van der Waals surface area contributed by atoms with Crippen molar-refractivity contribution in [2.75, 3.05) is 0 Å². The number of hydrogen-bond acceptors (Lipinski definition) is 0. The van der Waals surface area contributed by atoms with Gasteiger partial charge in [0.1, 0.15) is 5.82 Å². The maximum Gasteiger partial charge on any atom is 0.160 e. The monoisotopic (exact) mass is 334 g/mol. The minimum Gasteiger partial charge on any atom is -0.207 e. The molecule has 2 aromatic carbocycles. The molecule has 0 aliphatic heterocycles. The summed E-state index contributed by atoms with van der Waals surface area (Å²) >= 11 is 9.08. The molecule has 0 aliphatic carbocycles. The fraction of sp³-hybridized carbons (Fsp3) is 0.0769. The van der Waals surface area contributed by atoms with Gasteiger partial charge < -0.3 is 0 Å². The van der Waals surface area contributed by atoms with Crippen LogP contribution in [0.3, 0.4) is 0 Å². The molecule has 0 heterocycles. The van der Waals surface area contributed by atoms with E-state index < -0.39 is 22.3 Å². The lowest BCUT2D eigenvalue weighted by molar-refractivity contribution is 0.507. The minimum absolute atomic E-state index is 0.0408. The molecule has 0 nitrogen and oxygen atoms in total. The fourth-order valence-corrected chi connectivity index (χ4v) is 2.72. The van der Waals surface area contributed by atoms with E-state index in [-0.39, 0.29) is 10.6 Å². The summed E-state index contributed by atoms with van der Waals surface area (Å²) in [5, 5.41) is 0.0408. The molecule has 2 aromatic rings. The first-order valence-corrected chi connectivity index (χ1v) is 6.33. The Morgan fingerprint density at radius 1 is 0.889 bits per heavy atom. The molecular formula is C13H7BrClF3. The van der Waals surface area contributed by atoms with Crippen molar-refractivity contribution in [2.24, 2.45) is 0 Å². The first-order chi connectivity index (χ1) is 8.50. The quantitative estimate of drug-likeness (QED) is 0.520. The van der Waals surface area contributed by atoms with E-state index in [2.05, 4.69) is 15.9 Å². The average molecular weight is 336 g/mol. The summed E-state index contributed by atoms with van der Waals surface area (Å²) in [5.74, 6) is -2.49. The van der Waals surface area contributed by atoms with Gasteiger partial charge in [0.15, 0.2) is 11.6 Å². The smallest absolute Gasteiger partial charge is 0.160 e. The Bertz CT molecular complexity index is 586. The molecule has 0 amide bonds. The maximum atomic E-state index is 13.6. The zero-order valence-electron chi connectivity index (χ0n) is 8.93. The molecule has 0 aromatic heterocycles. The highest BCUT2D eigenvalue weighted by molar-refractivity contribution is 9.09. The minimum atomic E-state index is -1.03. The van der Waals surface area contributed by atoms with Crippen molar-refractivity contribution in [1.29, 1.82) is 0 Å². The van der Waals surface area contributed by atoms with Crippen molar-refractivity contribution in [1.82, 2.24) is 0 Å². The van der Waals surface area contributed by atoms with E-state index in [1.807, 2.05) is 0 Å². The third-order valence-corrected chi connectivity index (χ3v) is 3.80. The number of halogens is 5. The Labute approximate surface area is 116 Å². The van der Waals surface area contributed by atoms with Gasteiger partial charge in [-0.3, -0.25) is 0 Å². The third-order valence-electron chi connectivity index (χ3n) is 2.49. The Hall–Kier alpha value is -1.00. The van der Waals surface area contributed by atoms with Gasteiger partial charge in [-0.25, -0.2) is 13.2 Å². The summed E-state index contributed by atoms with van der Waals surface area (Å²) in [6.07, 6.45) is 0. The van der Waals surface area contributed by atoms with Crippen LogP contribution in [-0.4, -0.2) is 0 Å². The first-order valence-electron chi connectivity index (χ1n) is 5.03. The second kappa shape index (κ2) is 5.33. The van der Waals surface area contributed by atoms with E-state index >= 15 is 0 Å². The van der Waals surface area contributed by atoms with Gasteiger partial charge in [-0.2, -0.15) is 0 Å². The molecule has 5 heteroatoms. The topological polar surface area (TPSA) is 0 Å². The Morgan fingerprint density at radius 3 is 2.17 bits per heavy atom. The van der Waals surface area contributed by atoms with Crippen LogP contribution in [0.15, 0.2) is 36.4 Å². The van der Waals surface area contributed by atoms with Gasteiger partial charge in [-0.15, -0.1) is 0 Å². The van der Waals surface area contributed by atoms with E-state index in [0.717, 1.165) is 12.1 Å². The summed E-state index contributed by atoms with van der Waals surface area (Å²) in [4.78, 5) is -0.638. The number of hydrogen-bond donors (Lipinski definition) is 0. The van der Waals surface area contributed by atoms with Crippen LogP contribution in [-0.2, 0) is 0 Å². The van der Waals surface area contributed by atoms with Crippen LogP contribution in [0.5, 0.6) is 0 Å². The number of rotatable bonds is 2. The standard InChI is InChI=1S/C13H7BrClF3/c14-13(7-3-1-2-4-10(7)16)8-5-11(17)12(18)6-9(8)15/h1-6,13H. The highest BCUT2D eigenvalue weighted by Gasteiger charge is 2.19. The van der Waals surface area contributed by atoms with Gasteiger partial charge in [0.05, 0.1) is 4.83 Å². The largest absolute Gasteiger partial charge is 0.207 e. The van der Waals surface area contributed by atoms with Crippen LogP contribution >= 0.6 is 27.5 Å². The lowest BCUT2D eigenvalue weighted by Gasteiger charge is -2.13. The van der Waals surface area contributed by atoms with Gasteiger partial charge in [0.2, 0.25) is 0 Å². The van der Waals surface area contributed by atoms with Crippen molar-refractivity contribution < 1.29 is 13.2 Å². The van der Waals surface area contributed by atoms with E-state index in [1.165, 1.54) is 6.07 Å². The lowest BCUT2D eigenvalue weighted by atomic mass is 10.0. The molecule has 1 unspecified atom stereocenters. The maximum absolute atomic E-state index is 13.6. The van der Waals surface area contributed by atoms with Crippen molar-refractivity contribution in [3.05, 3.63) is 70.0 Å². The molecule has 0 N–H and O–H groups in total. The van der Waals surface area contributed by atoms with Crippen LogP contribution in [0.1, 0.15) is 16.0 Å². The average Bonchev–Trinajstić information content (AvgIpc) is 2.33. The second-order valence-corrected chi connectivity index (χ2v) is 4.99. The van der Waals surface area contributed by atoms with Crippen molar-refractivity contribution in [3.8, 4) is 0 Å². The summed E-state index contributed by atoms with van der Waals surface area (Å²) in [6.45, 7) is 0. The first kappa shape index (κ1) is 13.4. The Balaban J connectivity index is 2.50. The van der Waals surface area contributed by atoms with E-state index in [9.17, 15) is 13.2 Å². The van der Waals surface area contributed by atoms with Crippen LogP contribution < -0.4 is 0 Å².